The fourth-order valence-electron chi connectivity index (χ4n) is 2.90. The Morgan fingerprint density at radius 3 is 2.72 bits per heavy atom. The maximum atomic E-state index is 12.2. The number of aryl methyl sites for hydroxylation is 1. The number of amides is 2. The maximum Gasteiger partial charge on any atom is 0.272 e. The molecule has 8 nitrogen and oxygen atoms in total. The Bertz CT molecular complexity index is 1130. The number of aromatic nitrogens is 4. The van der Waals surface area contributed by atoms with Gasteiger partial charge in [-0.25, -0.2) is 4.52 Å². The smallest absolute Gasteiger partial charge is 0.272 e. The van der Waals surface area contributed by atoms with Crippen LogP contribution in [0.4, 0.5) is 5.69 Å². The van der Waals surface area contributed by atoms with E-state index in [0.717, 1.165) is 11.1 Å². The summed E-state index contributed by atoms with van der Waals surface area (Å²) in [6, 6.07) is 15.4. The number of anilines is 1. The zero-order valence-electron chi connectivity index (χ0n) is 15.9. The number of fused-ring (bicyclic) bond motifs is 1. The van der Waals surface area contributed by atoms with Gasteiger partial charge < -0.3 is 10.6 Å². The van der Waals surface area contributed by atoms with Gasteiger partial charge in [0.2, 0.25) is 5.91 Å². The fraction of sp³-hybridized carbons (Fsp3) is 0.143. The monoisotopic (exact) mass is 388 g/mol. The summed E-state index contributed by atoms with van der Waals surface area (Å²) >= 11 is 0. The molecule has 0 fully saturated rings. The van der Waals surface area contributed by atoms with Crippen molar-refractivity contribution in [3.05, 3.63) is 83.9 Å². The van der Waals surface area contributed by atoms with E-state index < -0.39 is 5.91 Å². The van der Waals surface area contributed by atoms with Crippen molar-refractivity contribution >= 4 is 23.0 Å². The highest BCUT2D eigenvalue weighted by molar-refractivity contribution is 5.98. The Morgan fingerprint density at radius 2 is 1.93 bits per heavy atom. The number of hydrogen-bond donors (Lipinski definition) is 2. The third-order valence-electron chi connectivity index (χ3n) is 4.39. The molecule has 29 heavy (non-hydrogen) atoms. The van der Waals surface area contributed by atoms with E-state index in [-0.39, 0.29) is 18.1 Å². The van der Waals surface area contributed by atoms with Crippen LogP contribution in [0.3, 0.4) is 0 Å². The van der Waals surface area contributed by atoms with Crippen molar-refractivity contribution in [3.8, 4) is 0 Å². The molecule has 8 heteroatoms. The first-order chi connectivity index (χ1) is 14.1. The third-order valence-corrected chi connectivity index (χ3v) is 4.39. The normalized spacial score (nSPS) is 10.8. The van der Waals surface area contributed by atoms with Gasteiger partial charge in [0.1, 0.15) is 0 Å². The summed E-state index contributed by atoms with van der Waals surface area (Å²) in [5.41, 5.74) is 3.96. The van der Waals surface area contributed by atoms with Crippen molar-refractivity contribution in [2.75, 3.05) is 11.9 Å². The molecule has 4 aromatic rings. The zero-order valence-corrected chi connectivity index (χ0v) is 15.9. The molecular formula is C21H20N6O2. The lowest BCUT2D eigenvalue weighted by Crippen LogP contribution is -2.33. The Hall–Kier alpha value is -3.94. The maximum absolute atomic E-state index is 12.2. The summed E-state index contributed by atoms with van der Waals surface area (Å²) in [4.78, 5) is 24.4. The lowest BCUT2D eigenvalue weighted by molar-refractivity contribution is -0.115. The first-order valence-electron chi connectivity index (χ1n) is 9.17. The van der Waals surface area contributed by atoms with Crippen LogP contribution in [0.2, 0.25) is 0 Å². The van der Waals surface area contributed by atoms with Crippen molar-refractivity contribution in [3.63, 3.8) is 0 Å². The molecule has 3 heterocycles. The number of carbonyl (C=O) groups excluding carboxylic acids is 2. The topological polar surface area (TPSA) is 93.3 Å². The van der Waals surface area contributed by atoms with Crippen molar-refractivity contribution in [1.82, 2.24) is 24.7 Å². The molecule has 0 spiro atoms. The molecule has 0 radical (unpaired) electrons. The Morgan fingerprint density at radius 1 is 1.10 bits per heavy atom. The average Bonchev–Trinajstić information content (AvgIpc) is 3.34. The number of nitrogens with zero attached hydrogens (tertiary/aromatic N) is 4. The molecule has 0 aliphatic heterocycles. The Labute approximate surface area is 167 Å². The predicted octanol–water partition coefficient (Wildman–Crippen LogP) is 2.26. The second-order valence-electron chi connectivity index (χ2n) is 6.74. The highest BCUT2D eigenvalue weighted by Gasteiger charge is 2.12. The van der Waals surface area contributed by atoms with E-state index in [0.29, 0.717) is 12.2 Å². The first kappa shape index (κ1) is 18.4. The van der Waals surface area contributed by atoms with Crippen LogP contribution in [-0.2, 0) is 11.3 Å². The van der Waals surface area contributed by atoms with E-state index in [1.165, 1.54) is 5.56 Å². The van der Waals surface area contributed by atoms with Crippen LogP contribution in [0.15, 0.2) is 67.1 Å². The van der Waals surface area contributed by atoms with Crippen LogP contribution in [-0.4, -0.2) is 37.8 Å². The zero-order chi connectivity index (χ0) is 20.2. The number of nitrogens with one attached hydrogen (secondary N) is 2. The molecule has 3 aromatic heterocycles. The molecule has 0 aliphatic carbocycles. The van der Waals surface area contributed by atoms with Gasteiger partial charge in [-0.2, -0.15) is 10.2 Å². The van der Waals surface area contributed by atoms with Crippen molar-refractivity contribution in [2.24, 2.45) is 0 Å². The number of rotatable bonds is 6. The van der Waals surface area contributed by atoms with Gasteiger partial charge in [0, 0.05) is 12.4 Å². The predicted molar refractivity (Wildman–Crippen MR) is 109 cm³/mol. The van der Waals surface area contributed by atoms with Crippen LogP contribution in [0.5, 0.6) is 0 Å². The summed E-state index contributed by atoms with van der Waals surface area (Å²) in [6.45, 7) is 2.50. The summed E-state index contributed by atoms with van der Waals surface area (Å²) in [5.74, 6) is -0.740. The SMILES string of the molecule is Cc1ccc(Cn2cc(NC(=O)CNC(=O)c3cc4ccccn4n3)cn2)cc1. The van der Waals surface area contributed by atoms with Gasteiger partial charge in [0.25, 0.3) is 5.91 Å². The average molecular weight is 388 g/mol. The van der Waals surface area contributed by atoms with Crippen molar-refractivity contribution in [1.29, 1.82) is 0 Å². The fourth-order valence-corrected chi connectivity index (χ4v) is 2.90. The van der Waals surface area contributed by atoms with E-state index in [4.69, 9.17) is 0 Å². The van der Waals surface area contributed by atoms with Gasteiger partial charge >= 0.3 is 0 Å². The minimum Gasteiger partial charge on any atom is -0.342 e. The molecule has 146 valence electrons. The third kappa shape index (κ3) is 4.49. The highest BCUT2D eigenvalue weighted by atomic mass is 16.2. The number of pyridine rings is 1. The highest BCUT2D eigenvalue weighted by Crippen LogP contribution is 2.09. The van der Waals surface area contributed by atoms with E-state index in [9.17, 15) is 9.59 Å². The van der Waals surface area contributed by atoms with E-state index >= 15 is 0 Å². The first-order valence-corrected chi connectivity index (χ1v) is 9.17. The molecular weight excluding hydrogens is 368 g/mol. The number of hydrogen-bond acceptors (Lipinski definition) is 4. The molecule has 0 unspecified atom stereocenters. The van der Waals surface area contributed by atoms with Gasteiger partial charge in [0.05, 0.1) is 30.5 Å². The summed E-state index contributed by atoms with van der Waals surface area (Å²) in [6.07, 6.45) is 5.09. The summed E-state index contributed by atoms with van der Waals surface area (Å²) < 4.78 is 3.35. The van der Waals surface area contributed by atoms with Gasteiger partial charge in [-0.05, 0) is 30.7 Å². The quantitative estimate of drug-likeness (QED) is 0.530. The van der Waals surface area contributed by atoms with Crippen LogP contribution in [0.25, 0.3) is 5.52 Å². The molecule has 0 saturated heterocycles. The number of carbonyl (C=O) groups is 2. The summed E-state index contributed by atoms with van der Waals surface area (Å²) in [5, 5.41) is 13.7. The van der Waals surface area contributed by atoms with Crippen molar-refractivity contribution < 1.29 is 9.59 Å². The minimum atomic E-state index is -0.404. The molecule has 2 amide bonds. The van der Waals surface area contributed by atoms with E-state index in [2.05, 4.69) is 20.8 Å². The van der Waals surface area contributed by atoms with Crippen LogP contribution in [0.1, 0.15) is 21.6 Å². The largest absolute Gasteiger partial charge is 0.342 e. The van der Waals surface area contributed by atoms with Gasteiger partial charge in [-0.1, -0.05) is 35.9 Å². The molecule has 0 aliphatic rings. The Kier molecular flexibility index (Phi) is 5.07. The lowest BCUT2D eigenvalue weighted by Gasteiger charge is -2.04. The van der Waals surface area contributed by atoms with Crippen LogP contribution < -0.4 is 10.6 Å². The molecule has 0 saturated carbocycles. The second kappa shape index (κ2) is 7.97. The van der Waals surface area contributed by atoms with Crippen LogP contribution >= 0.6 is 0 Å². The number of benzene rings is 1. The molecule has 0 atom stereocenters. The van der Waals surface area contributed by atoms with E-state index in [1.807, 2.05) is 49.4 Å². The van der Waals surface area contributed by atoms with Crippen molar-refractivity contribution in [2.45, 2.75) is 13.5 Å². The van der Waals surface area contributed by atoms with Gasteiger partial charge in [0.15, 0.2) is 5.69 Å². The summed E-state index contributed by atoms with van der Waals surface area (Å²) in [7, 11) is 0. The van der Waals surface area contributed by atoms with Gasteiger partial charge in [-0.15, -0.1) is 0 Å². The lowest BCUT2D eigenvalue weighted by atomic mass is 10.1. The molecule has 0 bridgehead atoms. The van der Waals surface area contributed by atoms with Gasteiger partial charge in [-0.3, -0.25) is 14.3 Å². The van der Waals surface area contributed by atoms with Crippen LogP contribution in [0, 0.1) is 6.92 Å². The standard InChI is InChI=1S/C21H20N6O2/c1-15-5-7-16(8-6-15)13-26-14-17(11-23-26)24-20(28)12-22-21(29)19-10-18-4-2-3-9-27(18)25-19/h2-11,14H,12-13H2,1H3,(H,22,29)(H,24,28). The molecule has 1 aromatic carbocycles. The van der Waals surface area contributed by atoms with E-state index in [1.54, 1.807) is 33.9 Å². The molecule has 2 N–H and O–H groups in total. The molecule has 4 rings (SSSR count). The minimum absolute atomic E-state index is 0.157. The second-order valence-corrected chi connectivity index (χ2v) is 6.74. The Balaban J connectivity index is 1.30.